The Morgan fingerprint density at radius 2 is 2.12 bits per heavy atom. The molecule has 1 aliphatic rings. The highest BCUT2D eigenvalue weighted by Gasteiger charge is 2.39. The van der Waals surface area contributed by atoms with Gasteiger partial charge in [-0.1, -0.05) is 30.3 Å². The summed E-state index contributed by atoms with van der Waals surface area (Å²) < 4.78 is 13.0. The molecule has 0 spiro atoms. The van der Waals surface area contributed by atoms with Crippen molar-refractivity contribution in [2.75, 3.05) is 6.16 Å². The van der Waals surface area contributed by atoms with Gasteiger partial charge in [0.2, 0.25) is 0 Å². The first-order valence-electron chi connectivity index (χ1n) is 5.91. The second kappa shape index (κ2) is 4.94. The van der Waals surface area contributed by atoms with Crippen molar-refractivity contribution in [2.24, 2.45) is 0 Å². The Hall–Kier alpha value is -0.260. The monoisotopic (exact) mass is 256 g/mol. The molecule has 0 aliphatic carbocycles. The minimum absolute atomic E-state index is 0.125. The second-order valence-corrected chi connectivity index (χ2v) is 8.70. The van der Waals surface area contributed by atoms with Crippen molar-refractivity contribution in [3.05, 3.63) is 30.3 Å². The quantitative estimate of drug-likeness (QED) is 0.593. The van der Waals surface area contributed by atoms with Crippen molar-refractivity contribution in [3.63, 3.8) is 0 Å². The highest BCUT2D eigenvalue weighted by Crippen LogP contribution is 2.58. The average molecular weight is 257 g/mol. The van der Waals surface area contributed by atoms with Crippen LogP contribution in [0.2, 0.25) is 0 Å². The summed E-state index contributed by atoms with van der Waals surface area (Å²) in [6.45, 7) is 2.00. The molecule has 0 radical (unpaired) electrons. The molecule has 3 unspecified atom stereocenters. The number of hydrogen-bond donors (Lipinski definition) is 0. The fourth-order valence-corrected chi connectivity index (χ4v) is 6.61. The van der Waals surface area contributed by atoms with Crippen LogP contribution in [0.1, 0.15) is 26.2 Å². The Morgan fingerprint density at radius 1 is 1.44 bits per heavy atom. The smallest absolute Gasteiger partial charge is 0.118 e. The van der Waals surface area contributed by atoms with Crippen molar-refractivity contribution in [3.8, 4) is 0 Å². The Kier molecular flexibility index (Phi) is 3.77. The van der Waals surface area contributed by atoms with E-state index in [0.717, 1.165) is 30.7 Å². The maximum atomic E-state index is 13.0. The Labute approximate surface area is 103 Å². The SMILES string of the molecule is CC(Cl)CC1CCCP1(=O)c1ccccc1. The molecular formula is C13H18ClOP. The van der Waals surface area contributed by atoms with E-state index in [1.165, 1.54) is 0 Å². The molecule has 1 saturated heterocycles. The lowest BCUT2D eigenvalue weighted by atomic mass is 10.2. The molecule has 0 amide bonds. The molecule has 1 fully saturated rings. The largest absolute Gasteiger partial charge is 0.318 e. The molecule has 0 N–H and O–H groups in total. The van der Waals surface area contributed by atoms with Gasteiger partial charge in [0.25, 0.3) is 0 Å². The van der Waals surface area contributed by atoms with Crippen LogP contribution in [0, 0.1) is 0 Å². The molecule has 3 heteroatoms. The summed E-state index contributed by atoms with van der Waals surface area (Å²) in [6.07, 6.45) is 3.91. The first-order valence-corrected chi connectivity index (χ1v) is 8.31. The maximum absolute atomic E-state index is 13.0. The molecule has 1 nitrogen and oxygen atoms in total. The van der Waals surface area contributed by atoms with Crippen LogP contribution in [0.25, 0.3) is 0 Å². The van der Waals surface area contributed by atoms with E-state index < -0.39 is 7.14 Å². The predicted octanol–water partition coefficient (Wildman–Crippen LogP) is 3.85. The van der Waals surface area contributed by atoms with Crippen molar-refractivity contribution in [2.45, 2.75) is 37.2 Å². The molecule has 1 aliphatic heterocycles. The highest BCUT2D eigenvalue weighted by molar-refractivity contribution is 7.72. The van der Waals surface area contributed by atoms with Crippen molar-refractivity contribution in [1.29, 1.82) is 0 Å². The molecule has 0 bridgehead atoms. The number of benzene rings is 1. The Balaban J connectivity index is 2.27. The molecule has 0 aromatic heterocycles. The third kappa shape index (κ3) is 2.36. The van der Waals surface area contributed by atoms with E-state index >= 15 is 0 Å². The molecule has 3 atom stereocenters. The van der Waals surface area contributed by atoms with Crippen LogP contribution in [-0.4, -0.2) is 17.2 Å². The Morgan fingerprint density at radius 3 is 2.75 bits per heavy atom. The normalized spacial score (nSPS) is 31.5. The topological polar surface area (TPSA) is 17.1 Å². The van der Waals surface area contributed by atoms with E-state index in [1.54, 1.807) is 0 Å². The molecule has 2 rings (SSSR count). The lowest BCUT2D eigenvalue weighted by Gasteiger charge is -2.21. The summed E-state index contributed by atoms with van der Waals surface area (Å²) in [6, 6.07) is 9.96. The van der Waals surface area contributed by atoms with Gasteiger partial charge in [0.1, 0.15) is 7.14 Å². The van der Waals surface area contributed by atoms with Crippen LogP contribution in [0.3, 0.4) is 0 Å². The number of halogens is 1. The van der Waals surface area contributed by atoms with E-state index in [1.807, 2.05) is 37.3 Å². The molecule has 1 heterocycles. The van der Waals surface area contributed by atoms with Gasteiger partial charge < -0.3 is 4.57 Å². The first-order chi connectivity index (χ1) is 7.63. The van der Waals surface area contributed by atoms with E-state index in [0.29, 0.717) is 5.66 Å². The number of hydrogen-bond acceptors (Lipinski definition) is 1. The zero-order chi connectivity index (χ0) is 11.6. The molecule has 1 aromatic carbocycles. The molecule has 16 heavy (non-hydrogen) atoms. The van der Waals surface area contributed by atoms with Gasteiger partial charge in [-0.3, -0.25) is 0 Å². The maximum Gasteiger partial charge on any atom is 0.118 e. The van der Waals surface area contributed by atoms with E-state index in [-0.39, 0.29) is 5.38 Å². The summed E-state index contributed by atoms with van der Waals surface area (Å²) in [5.74, 6) is 0. The van der Waals surface area contributed by atoms with Crippen molar-refractivity contribution < 1.29 is 4.57 Å². The van der Waals surface area contributed by atoms with Gasteiger partial charge in [-0.05, 0) is 26.2 Å². The third-order valence-corrected chi connectivity index (χ3v) is 7.39. The zero-order valence-corrected chi connectivity index (χ0v) is 11.3. The van der Waals surface area contributed by atoms with Gasteiger partial charge in [-0.15, -0.1) is 11.6 Å². The van der Waals surface area contributed by atoms with E-state index in [9.17, 15) is 4.57 Å². The summed E-state index contributed by atoms with van der Waals surface area (Å²) in [4.78, 5) is 0. The third-order valence-electron chi connectivity index (χ3n) is 3.41. The van der Waals surface area contributed by atoms with Gasteiger partial charge in [0, 0.05) is 22.5 Å². The molecule has 1 aromatic rings. The average Bonchev–Trinajstić information content (AvgIpc) is 2.62. The van der Waals surface area contributed by atoms with Crippen LogP contribution < -0.4 is 5.30 Å². The number of rotatable bonds is 3. The first kappa shape index (κ1) is 12.2. The fraction of sp³-hybridized carbons (Fsp3) is 0.538. The van der Waals surface area contributed by atoms with Crippen LogP contribution in [-0.2, 0) is 4.57 Å². The van der Waals surface area contributed by atoms with Crippen LogP contribution in [0.5, 0.6) is 0 Å². The van der Waals surface area contributed by atoms with Gasteiger partial charge in [-0.2, -0.15) is 0 Å². The summed E-state index contributed by atoms with van der Waals surface area (Å²) in [5, 5.41) is 1.18. The molecule has 88 valence electrons. The van der Waals surface area contributed by atoms with E-state index in [4.69, 9.17) is 11.6 Å². The van der Waals surface area contributed by atoms with Crippen LogP contribution >= 0.6 is 18.7 Å². The summed E-state index contributed by atoms with van der Waals surface area (Å²) >= 11 is 6.05. The predicted molar refractivity (Wildman–Crippen MR) is 71.5 cm³/mol. The molecular weight excluding hydrogens is 239 g/mol. The lowest BCUT2D eigenvalue weighted by molar-refractivity contribution is 0.571. The van der Waals surface area contributed by atoms with Gasteiger partial charge in [0.05, 0.1) is 0 Å². The number of alkyl halides is 1. The summed E-state index contributed by atoms with van der Waals surface area (Å²) in [7, 11) is -2.17. The van der Waals surface area contributed by atoms with E-state index in [2.05, 4.69) is 0 Å². The minimum Gasteiger partial charge on any atom is -0.318 e. The zero-order valence-electron chi connectivity index (χ0n) is 9.60. The van der Waals surface area contributed by atoms with Gasteiger partial charge in [-0.25, -0.2) is 0 Å². The van der Waals surface area contributed by atoms with Crippen molar-refractivity contribution in [1.82, 2.24) is 0 Å². The van der Waals surface area contributed by atoms with Gasteiger partial charge >= 0.3 is 0 Å². The minimum atomic E-state index is -2.17. The van der Waals surface area contributed by atoms with Crippen molar-refractivity contribution >= 4 is 24.0 Å². The fourth-order valence-electron chi connectivity index (χ4n) is 2.64. The molecule has 0 saturated carbocycles. The van der Waals surface area contributed by atoms with Crippen LogP contribution in [0.15, 0.2) is 30.3 Å². The Bertz CT molecular complexity index is 388. The van der Waals surface area contributed by atoms with Gasteiger partial charge in [0.15, 0.2) is 0 Å². The second-order valence-electron chi connectivity index (χ2n) is 4.67. The van der Waals surface area contributed by atoms with Crippen LogP contribution in [0.4, 0.5) is 0 Å². The summed E-state index contributed by atoms with van der Waals surface area (Å²) in [5.41, 5.74) is 0.308. The lowest BCUT2D eigenvalue weighted by Crippen LogP contribution is -2.16. The highest BCUT2D eigenvalue weighted by atomic mass is 35.5. The standard InChI is InChI=1S/C13H18ClOP/c1-11(14)10-13-8-5-9-16(13,15)12-6-3-2-4-7-12/h2-4,6-7,11,13H,5,8-10H2,1H3.